The van der Waals surface area contributed by atoms with E-state index >= 15 is 0 Å². The molecule has 7 heteroatoms. The average molecular weight is 308 g/mol. The minimum atomic E-state index is -3.99. The zero-order valence-electron chi connectivity index (χ0n) is 12.0. The van der Waals surface area contributed by atoms with Gasteiger partial charge in [-0.2, -0.15) is 3.97 Å². The quantitative estimate of drug-likeness (QED) is 0.860. The molecular weight excluding hydrogens is 292 g/mol. The van der Waals surface area contributed by atoms with Gasteiger partial charge in [0.05, 0.1) is 4.90 Å². The normalized spacial score (nSPS) is 11.8. The van der Waals surface area contributed by atoms with Crippen molar-refractivity contribution < 1.29 is 13.2 Å². The van der Waals surface area contributed by atoms with Crippen LogP contribution in [0.1, 0.15) is 24.2 Å². The van der Waals surface area contributed by atoms with E-state index in [2.05, 4.69) is 0 Å². The molecule has 0 saturated heterocycles. The number of aryl methyl sites for hydroxylation is 1. The van der Waals surface area contributed by atoms with Crippen LogP contribution in [0.15, 0.2) is 46.3 Å². The fourth-order valence-electron chi connectivity index (χ4n) is 1.81. The van der Waals surface area contributed by atoms with Crippen molar-refractivity contribution in [2.75, 3.05) is 0 Å². The summed E-state index contributed by atoms with van der Waals surface area (Å²) in [6, 6.07) is 6.15. The van der Waals surface area contributed by atoms with Crippen LogP contribution in [-0.4, -0.2) is 22.9 Å². The van der Waals surface area contributed by atoms with E-state index in [1.165, 1.54) is 18.3 Å². The first-order valence-electron chi connectivity index (χ1n) is 6.41. The molecule has 21 heavy (non-hydrogen) atoms. The molecule has 0 aliphatic heterocycles. The lowest BCUT2D eigenvalue weighted by Gasteiger charge is -2.05. The number of carbonyl (C=O) groups excluding carboxylic acids is 1. The minimum Gasteiger partial charge on any atom is -0.274 e. The van der Waals surface area contributed by atoms with Gasteiger partial charge in [0.1, 0.15) is 0 Å². The summed E-state index contributed by atoms with van der Waals surface area (Å²) in [5.74, 6) is -0.849. The highest BCUT2D eigenvalue weighted by atomic mass is 32.2. The smallest absolute Gasteiger partial charge is 0.274 e. The molecule has 0 N–H and O–H groups in total. The Labute approximate surface area is 122 Å². The van der Waals surface area contributed by atoms with Crippen LogP contribution in [-0.2, 0) is 10.0 Å². The number of benzene rings is 1. The third-order valence-corrected chi connectivity index (χ3v) is 4.72. The predicted octanol–water partition coefficient (Wildman–Crippen LogP) is 1.49. The molecule has 0 radical (unpaired) electrons. The van der Waals surface area contributed by atoms with E-state index in [0.717, 1.165) is 16.3 Å². The number of nitrogens with zero attached hydrogens (tertiary/aromatic N) is 2. The van der Waals surface area contributed by atoms with Crippen molar-refractivity contribution in [3.8, 4) is 0 Å². The maximum atomic E-state index is 12.4. The van der Waals surface area contributed by atoms with Gasteiger partial charge < -0.3 is 0 Å². The number of aromatic nitrogens is 2. The van der Waals surface area contributed by atoms with Gasteiger partial charge in [-0.1, -0.05) is 31.5 Å². The molecule has 0 atom stereocenters. The molecule has 0 spiro atoms. The van der Waals surface area contributed by atoms with Gasteiger partial charge in [0.25, 0.3) is 10.0 Å². The Kier molecular flexibility index (Phi) is 3.87. The third-order valence-electron chi connectivity index (χ3n) is 3.05. The molecule has 0 unspecified atom stereocenters. The predicted molar refractivity (Wildman–Crippen MR) is 77.9 cm³/mol. The minimum absolute atomic E-state index is 0.00458. The molecule has 0 amide bonds. The Morgan fingerprint density at radius 3 is 2.19 bits per heavy atom. The summed E-state index contributed by atoms with van der Waals surface area (Å²) in [7, 11) is -3.99. The van der Waals surface area contributed by atoms with Crippen molar-refractivity contribution in [2.24, 2.45) is 5.92 Å². The molecule has 0 saturated carbocycles. The van der Waals surface area contributed by atoms with Crippen molar-refractivity contribution in [1.82, 2.24) is 8.54 Å². The van der Waals surface area contributed by atoms with Gasteiger partial charge in [0, 0.05) is 18.3 Å². The van der Waals surface area contributed by atoms with Gasteiger partial charge in [-0.3, -0.25) is 4.79 Å². The van der Waals surface area contributed by atoms with E-state index in [-0.39, 0.29) is 4.90 Å². The first-order chi connectivity index (χ1) is 9.75. The fourth-order valence-corrected chi connectivity index (χ4v) is 3.03. The zero-order valence-corrected chi connectivity index (χ0v) is 12.8. The highest BCUT2D eigenvalue weighted by Crippen LogP contribution is 2.13. The van der Waals surface area contributed by atoms with Gasteiger partial charge in [0.2, 0.25) is 5.91 Å². The molecule has 2 rings (SSSR count). The van der Waals surface area contributed by atoms with Crippen molar-refractivity contribution >= 4 is 15.9 Å². The molecule has 0 bridgehead atoms. The number of hydrogen-bond acceptors (Lipinski definition) is 4. The lowest BCUT2D eigenvalue weighted by Crippen LogP contribution is -2.34. The molecule has 1 aromatic carbocycles. The Morgan fingerprint density at radius 1 is 1.10 bits per heavy atom. The summed E-state index contributed by atoms with van der Waals surface area (Å²) in [5, 5.41) is 0. The lowest BCUT2D eigenvalue weighted by molar-refractivity contribution is 0.0851. The van der Waals surface area contributed by atoms with Gasteiger partial charge in [-0.25, -0.2) is 17.8 Å². The van der Waals surface area contributed by atoms with Crippen LogP contribution in [0.3, 0.4) is 0 Å². The molecule has 112 valence electrons. The Hall–Kier alpha value is -2.15. The van der Waals surface area contributed by atoms with Gasteiger partial charge in [-0.05, 0) is 19.1 Å². The second-order valence-corrected chi connectivity index (χ2v) is 6.87. The van der Waals surface area contributed by atoms with Crippen LogP contribution < -0.4 is 5.69 Å². The van der Waals surface area contributed by atoms with Crippen LogP contribution in [0, 0.1) is 12.8 Å². The molecule has 2 aromatic rings. The fraction of sp³-hybridized carbons (Fsp3) is 0.286. The van der Waals surface area contributed by atoms with E-state index in [1.54, 1.807) is 26.0 Å². The van der Waals surface area contributed by atoms with E-state index < -0.39 is 27.5 Å². The Balaban J connectivity index is 2.55. The first-order valence-corrected chi connectivity index (χ1v) is 7.85. The largest absolute Gasteiger partial charge is 0.349 e. The summed E-state index contributed by atoms with van der Waals surface area (Å²) in [5.41, 5.74) is 0.0307. The van der Waals surface area contributed by atoms with E-state index in [0.29, 0.717) is 3.97 Å². The maximum Gasteiger partial charge on any atom is 0.349 e. The number of hydrogen-bond donors (Lipinski definition) is 0. The summed E-state index contributed by atoms with van der Waals surface area (Å²) >= 11 is 0. The van der Waals surface area contributed by atoms with E-state index in [9.17, 15) is 18.0 Å². The maximum absolute atomic E-state index is 12.4. The Morgan fingerprint density at radius 2 is 1.67 bits per heavy atom. The second kappa shape index (κ2) is 5.33. The van der Waals surface area contributed by atoms with Crippen LogP contribution >= 0.6 is 0 Å². The number of rotatable bonds is 3. The van der Waals surface area contributed by atoms with Crippen molar-refractivity contribution in [1.29, 1.82) is 0 Å². The SMILES string of the molecule is Cc1ccc(S(=O)(=O)n2ccn(C(=O)C(C)C)c2=O)cc1. The zero-order chi connectivity index (χ0) is 15.8. The average Bonchev–Trinajstić information content (AvgIpc) is 2.80. The lowest BCUT2D eigenvalue weighted by atomic mass is 10.2. The topological polar surface area (TPSA) is 78.1 Å². The molecule has 0 aliphatic carbocycles. The molecule has 6 nitrogen and oxygen atoms in total. The number of imidazole rings is 1. The summed E-state index contributed by atoms with van der Waals surface area (Å²) in [6.07, 6.45) is 2.27. The van der Waals surface area contributed by atoms with Crippen LogP contribution in [0.4, 0.5) is 0 Å². The standard InChI is InChI=1S/C14H16N2O4S/c1-10(2)13(17)15-8-9-16(14(15)18)21(19,20)12-6-4-11(3)5-7-12/h4-10H,1-3H3. The van der Waals surface area contributed by atoms with Gasteiger partial charge >= 0.3 is 5.69 Å². The van der Waals surface area contributed by atoms with E-state index in [4.69, 9.17) is 0 Å². The highest BCUT2D eigenvalue weighted by molar-refractivity contribution is 7.90. The van der Waals surface area contributed by atoms with Crippen LogP contribution in [0.2, 0.25) is 0 Å². The summed E-state index contributed by atoms with van der Waals surface area (Å²) in [6.45, 7) is 5.11. The van der Waals surface area contributed by atoms with Gasteiger partial charge in [-0.15, -0.1) is 0 Å². The second-order valence-electron chi connectivity index (χ2n) is 5.06. The van der Waals surface area contributed by atoms with Crippen LogP contribution in [0.5, 0.6) is 0 Å². The first kappa shape index (κ1) is 15.2. The number of carbonyl (C=O) groups is 1. The summed E-state index contributed by atoms with van der Waals surface area (Å²) in [4.78, 5) is 24.0. The highest BCUT2D eigenvalue weighted by Gasteiger charge is 2.23. The van der Waals surface area contributed by atoms with Crippen LogP contribution in [0.25, 0.3) is 0 Å². The summed E-state index contributed by atoms with van der Waals surface area (Å²) < 4.78 is 26.2. The Bertz CT molecular complexity index is 827. The van der Waals surface area contributed by atoms with Crippen molar-refractivity contribution in [3.05, 3.63) is 52.7 Å². The molecular formula is C14H16N2O4S. The van der Waals surface area contributed by atoms with Gasteiger partial charge in [0.15, 0.2) is 0 Å². The van der Waals surface area contributed by atoms with Crippen molar-refractivity contribution in [3.63, 3.8) is 0 Å². The molecule has 1 heterocycles. The third kappa shape index (κ3) is 2.69. The monoisotopic (exact) mass is 308 g/mol. The molecule has 0 aliphatic rings. The molecule has 1 aromatic heterocycles. The van der Waals surface area contributed by atoms with Crippen molar-refractivity contribution in [2.45, 2.75) is 25.7 Å². The molecule has 0 fully saturated rings. The van der Waals surface area contributed by atoms with E-state index in [1.807, 2.05) is 6.92 Å².